The zero-order valence-corrected chi connectivity index (χ0v) is 12.4. The van der Waals surface area contributed by atoms with Crippen LogP contribution in [-0.4, -0.2) is 16.8 Å². The van der Waals surface area contributed by atoms with Gasteiger partial charge in [-0.3, -0.25) is 10.1 Å². The molecule has 1 heterocycles. The maximum absolute atomic E-state index is 11.9. The van der Waals surface area contributed by atoms with Gasteiger partial charge in [0.2, 0.25) is 5.90 Å². The number of ether oxygens (including phenoxy) is 1. The molecule has 23 heavy (non-hydrogen) atoms. The van der Waals surface area contributed by atoms with Crippen LogP contribution in [0.15, 0.2) is 59.2 Å². The summed E-state index contributed by atoms with van der Waals surface area (Å²) in [5.74, 6) is -0.608. The van der Waals surface area contributed by atoms with E-state index < -0.39 is 10.9 Å². The highest BCUT2D eigenvalue weighted by Gasteiger charge is 2.26. The van der Waals surface area contributed by atoms with E-state index in [2.05, 4.69) is 4.99 Å². The van der Waals surface area contributed by atoms with Crippen molar-refractivity contribution in [2.24, 2.45) is 4.99 Å². The number of halogens is 1. The number of nitrogens with zero attached hydrogens (tertiary/aromatic N) is 2. The highest BCUT2D eigenvalue weighted by Crippen LogP contribution is 2.26. The molecule has 2 aromatic rings. The van der Waals surface area contributed by atoms with Crippen molar-refractivity contribution in [1.29, 1.82) is 0 Å². The highest BCUT2D eigenvalue weighted by molar-refractivity contribution is 6.34. The molecule has 114 valence electrons. The van der Waals surface area contributed by atoms with Crippen LogP contribution < -0.4 is 0 Å². The van der Waals surface area contributed by atoms with Gasteiger partial charge in [-0.25, -0.2) is 9.79 Å². The lowest BCUT2D eigenvalue weighted by Crippen LogP contribution is -2.05. The van der Waals surface area contributed by atoms with Gasteiger partial charge in [0.25, 0.3) is 5.69 Å². The van der Waals surface area contributed by atoms with Gasteiger partial charge in [0, 0.05) is 6.07 Å². The smallest absolute Gasteiger partial charge is 0.363 e. The molecule has 0 aliphatic carbocycles. The largest absolute Gasteiger partial charge is 0.402 e. The van der Waals surface area contributed by atoms with Crippen LogP contribution in [-0.2, 0) is 9.53 Å². The van der Waals surface area contributed by atoms with Crippen molar-refractivity contribution < 1.29 is 14.5 Å². The lowest BCUT2D eigenvalue weighted by molar-refractivity contribution is -0.385. The van der Waals surface area contributed by atoms with Crippen molar-refractivity contribution >= 4 is 35.2 Å². The summed E-state index contributed by atoms with van der Waals surface area (Å²) in [5, 5.41) is 11.4. The normalized spacial score (nSPS) is 15.4. The lowest BCUT2D eigenvalue weighted by atomic mass is 10.1. The Balaban J connectivity index is 2.03. The maximum atomic E-state index is 11.9. The topological polar surface area (TPSA) is 81.8 Å². The van der Waals surface area contributed by atoms with Gasteiger partial charge in [-0.15, -0.1) is 0 Å². The van der Waals surface area contributed by atoms with E-state index >= 15 is 0 Å². The molecule has 0 amide bonds. The standard InChI is InChI=1S/C16H9ClN2O4/c17-12-7-3-2-6-11(12)15-18-13(16(20)23-15)9-10-5-1-4-8-14(10)19(21)22/h1-9H/b13-9+. The molecule has 0 bridgehead atoms. The van der Waals surface area contributed by atoms with Crippen molar-refractivity contribution in [1.82, 2.24) is 0 Å². The predicted molar refractivity (Wildman–Crippen MR) is 85.2 cm³/mol. The Morgan fingerprint density at radius 2 is 1.83 bits per heavy atom. The zero-order chi connectivity index (χ0) is 16.4. The SMILES string of the molecule is O=C1OC(c2ccccc2Cl)=N/C1=C/c1ccccc1[N+](=O)[O-]. The second kappa shape index (κ2) is 6.02. The molecule has 0 saturated heterocycles. The van der Waals surface area contributed by atoms with Crippen molar-refractivity contribution in [2.75, 3.05) is 0 Å². The van der Waals surface area contributed by atoms with Crippen LogP contribution >= 0.6 is 11.6 Å². The quantitative estimate of drug-likeness (QED) is 0.373. The second-order valence-corrected chi connectivity index (χ2v) is 5.04. The maximum Gasteiger partial charge on any atom is 0.363 e. The molecule has 0 fully saturated rings. The van der Waals surface area contributed by atoms with Crippen LogP contribution in [0.2, 0.25) is 5.02 Å². The summed E-state index contributed by atoms with van der Waals surface area (Å²) in [6, 6.07) is 12.9. The Kier molecular flexibility index (Phi) is 3.91. The molecule has 0 N–H and O–H groups in total. The fourth-order valence-electron chi connectivity index (χ4n) is 2.08. The molecule has 0 spiro atoms. The third-order valence-electron chi connectivity index (χ3n) is 3.15. The summed E-state index contributed by atoms with van der Waals surface area (Å²) in [6.07, 6.45) is 1.32. The zero-order valence-electron chi connectivity index (χ0n) is 11.6. The number of carbonyl (C=O) groups excluding carboxylic acids is 1. The van der Waals surface area contributed by atoms with Crippen molar-refractivity contribution in [3.63, 3.8) is 0 Å². The van der Waals surface area contributed by atoms with E-state index in [9.17, 15) is 14.9 Å². The molecule has 3 rings (SSSR count). The van der Waals surface area contributed by atoms with E-state index in [1.807, 2.05) is 0 Å². The Morgan fingerprint density at radius 1 is 1.13 bits per heavy atom. The first-order valence-electron chi connectivity index (χ1n) is 6.57. The molecule has 1 aliphatic heterocycles. The molecule has 6 nitrogen and oxygen atoms in total. The fourth-order valence-corrected chi connectivity index (χ4v) is 2.30. The summed E-state index contributed by atoms with van der Waals surface area (Å²) in [5.41, 5.74) is 0.616. The van der Waals surface area contributed by atoms with Crippen molar-refractivity contribution in [3.8, 4) is 0 Å². The highest BCUT2D eigenvalue weighted by atomic mass is 35.5. The molecule has 1 aliphatic rings. The lowest BCUT2D eigenvalue weighted by Gasteiger charge is -2.00. The molecule has 0 saturated carbocycles. The number of hydrogen-bond acceptors (Lipinski definition) is 5. The van der Waals surface area contributed by atoms with Gasteiger partial charge < -0.3 is 4.74 Å². The summed E-state index contributed by atoms with van der Waals surface area (Å²) >= 11 is 6.05. The first-order valence-corrected chi connectivity index (χ1v) is 6.95. The summed E-state index contributed by atoms with van der Waals surface area (Å²) in [7, 11) is 0. The Morgan fingerprint density at radius 3 is 2.57 bits per heavy atom. The predicted octanol–water partition coefficient (Wildman–Crippen LogP) is 3.59. The minimum absolute atomic E-state index is 0.0192. The number of nitro groups is 1. The first-order chi connectivity index (χ1) is 11.1. The van der Waals surface area contributed by atoms with Gasteiger partial charge in [0.15, 0.2) is 5.70 Å². The van der Waals surface area contributed by atoms with Gasteiger partial charge in [-0.1, -0.05) is 35.9 Å². The number of benzene rings is 2. The number of hydrogen-bond donors (Lipinski definition) is 0. The Hall–Kier alpha value is -2.99. The Labute approximate surface area is 135 Å². The monoisotopic (exact) mass is 328 g/mol. The average Bonchev–Trinajstić information content (AvgIpc) is 2.89. The first kappa shape index (κ1) is 14.9. The van der Waals surface area contributed by atoms with Gasteiger partial charge in [0.1, 0.15) is 0 Å². The van der Waals surface area contributed by atoms with E-state index in [1.165, 1.54) is 18.2 Å². The second-order valence-electron chi connectivity index (χ2n) is 4.63. The van der Waals surface area contributed by atoms with E-state index in [1.54, 1.807) is 36.4 Å². The van der Waals surface area contributed by atoms with Crippen LogP contribution in [0.3, 0.4) is 0 Å². The third-order valence-corrected chi connectivity index (χ3v) is 3.48. The third kappa shape index (κ3) is 2.97. The van der Waals surface area contributed by atoms with Crippen LogP contribution in [0.4, 0.5) is 5.69 Å². The number of carbonyl (C=O) groups is 1. The van der Waals surface area contributed by atoms with Crippen LogP contribution in [0.25, 0.3) is 6.08 Å². The summed E-state index contributed by atoms with van der Waals surface area (Å²) in [4.78, 5) is 26.5. The van der Waals surface area contributed by atoms with Crippen LogP contribution in [0, 0.1) is 10.1 Å². The number of cyclic esters (lactones) is 1. The van der Waals surface area contributed by atoms with E-state index in [0.717, 1.165) is 0 Å². The molecular formula is C16H9ClN2O4. The molecule has 0 radical (unpaired) electrons. The van der Waals surface area contributed by atoms with Gasteiger partial charge in [-0.05, 0) is 24.3 Å². The molecule has 7 heteroatoms. The number of rotatable bonds is 3. The average molecular weight is 329 g/mol. The van der Waals surface area contributed by atoms with E-state index in [-0.39, 0.29) is 22.8 Å². The number of aliphatic imine (C=N–C) groups is 1. The fraction of sp³-hybridized carbons (Fsp3) is 0. The summed E-state index contributed by atoms with van der Waals surface area (Å²) in [6.45, 7) is 0. The van der Waals surface area contributed by atoms with Crippen LogP contribution in [0.1, 0.15) is 11.1 Å². The molecule has 2 aromatic carbocycles. The van der Waals surface area contributed by atoms with Gasteiger partial charge in [-0.2, -0.15) is 0 Å². The van der Waals surface area contributed by atoms with E-state index in [0.29, 0.717) is 10.6 Å². The van der Waals surface area contributed by atoms with Gasteiger partial charge >= 0.3 is 5.97 Å². The Bertz CT molecular complexity index is 874. The molecule has 0 aromatic heterocycles. The van der Waals surface area contributed by atoms with Crippen LogP contribution in [0.5, 0.6) is 0 Å². The molecule has 0 unspecified atom stereocenters. The summed E-state index contributed by atoms with van der Waals surface area (Å²) < 4.78 is 5.10. The number of nitro benzene ring substituents is 1. The van der Waals surface area contributed by atoms with E-state index in [4.69, 9.17) is 16.3 Å². The minimum Gasteiger partial charge on any atom is -0.402 e. The van der Waals surface area contributed by atoms with Crippen molar-refractivity contribution in [2.45, 2.75) is 0 Å². The molecular weight excluding hydrogens is 320 g/mol. The van der Waals surface area contributed by atoms with Crippen molar-refractivity contribution in [3.05, 3.63) is 80.5 Å². The minimum atomic E-state index is -0.682. The number of para-hydroxylation sites is 1. The van der Waals surface area contributed by atoms with Gasteiger partial charge in [0.05, 0.1) is 21.1 Å². The molecule has 0 atom stereocenters. The number of esters is 1.